The van der Waals surface area contributed by atoms with Gasteiger partial charge >= 0.3 is 24.5 Å². The van der Waals surface area contributed by atoms with Crippen molar-refractivity contribution in [3.63, 3.8) is 0 Å². The molecule has 0 saturated carbocycles. The molecule has 2 fully saturated rings. The zero-order valence-corrected chi connectivity index (χ0v) is 21.3. The molecule has 40 heavy (non-hydrogen) atoms. The Morgan fingerprint density at radius 1 is 0.950 bits per heavy atom. The lowest BCUT2D eigenvalue weighted by Gasteiger charge is -2.29. The van der Waals surface area contributed by atoms with E-state index in [1.165, 1.54) is 4.90 Å². The van der Waals surface area contributed by atoms with E-state index in [1.54, 1.807) is 0 Å². The molecule has 1 N–H and O–H groups in total. The highest BCUT2D eigenvalue weighted by atomic mass is 19.4. The molecule has 0 bridgehead atoms. The fraction of sp³-hybridized carbons (Fsp3) is 0.440. The van der Waals surface area contributed by atoms with E-state index in [2.05, 4.69) is 10.2 Å². The summed E-state index contributed by atoms with van der Waals surface area (Å²) in [5, 5.41) is 3.18. The number of anilines is 2. The summed E-state index contributed by atoms with van der Waals surface area (Å²) in [6, 6.07) is 3.72. The second-order valence-corrected chi connectivity index (χ2v) is 9.28. The highest BCUT2D eigenvalue weighted by molar-refractivity contribution is 5.97. The Bertz CT molecular complexity index is 1230. The van der Waals surface area contributed by atoms with Gasteiger partial charge in [-0.3, -0.25) is 14.7 Å². The Hall–Kier alpha value is -3.59. The molecular formula is C25H26F7N5O3. The average molecular weight is 578 g/mol. The summed E-state index contributed by atoms with van der Waals surface area (Å²) in [4.78, 5) is 31.0. The van der Waals surface area contributed by atoms with Crippen LogP contribution in [-0.4, -0.2) is 81.3 Å². The maximum absolute atomic E-state index is 14.1. The van der Waals surface area contributed by atoms with Gasteiger partial charge < -0.3 is 15.0 Å². The van der Waals surface area contributed by atoms with Crippen LogP contribution in [0.15, 0.2) is 36.4 Å². The first-order chi connectivity index (χ1) is 18.8. The minimum atomic E-state index is -5.37. The van der Waals surface area contributed by atoms with Crippen LogP contribution in [0.25, 0.3) is 0 Å². The van der Waals surface area contributed by atoms with E-state index < -0.39 is 52.9 Å². The smallest absolute Gasteiger partial charge is 0.407 e. The second kappa shape index (κ2) is 11.5. The molecule has 0 aromatic heterocycles. The van der Waals surface area contributed by atoms with Gasteiger partial charge in [0.2, 0.25) is 0 Å². The van der Waals surface area contributed by atoms with Crippen molar-refractivity contribution in [2.75, 3.05) is 69.2 Å². The first-order valence-corrected chi connectivity index (χ1v) is 12.3. The molecular weight excluding hydrogens is 551 g/mol. The van der Waals surface area contributed by atoms with E-state index in [4.69, 9.17) is 4.74 Å². The van der Waals surface area contributed by atoms with Crippen molar-refractivity contribution in [1.29, 1.82) is 0 Å². The molecule has 0 atom stereocenters. The van der Waals surface area contributed by atoms with Crippen molar-refractivity contribution in [1.82, 2.24) is 15.1 Å². The molecule has 3 amide bonds. The van der Waals surface area contributed by atoms with Crippen LogP contribution in [0.5, 0.6) is 5.75 Å². The van der Waals surface area contributed by atoms with Crippen LogP contribution in [0.4, 0.5) is 51.7 Å². The number of carbonyl (C=O) groups excluding carboxylic acids is 2. The molecule has 15 heteroatoms. The monoisotopic (exact) mass is 577 g/mol. The third-order valence-corrected chi connectivity index (χ3v) is 6.66. The van der Waals surface area contributed by atoms with E-state index in [1.807, 2.05) is 0 Å². The van der Waals surface area contributed by atoms with Gasteiger partial charge in [-0.2, -0.15) is 26.3 Å². The first kappa shape index (κ1) is 29.4. The Kier molecular flexibility index (Phi) is 8.44. The quantitative estimate of drug-likeness (QED) is 0.507. The highest BCUT2D eigenvalue weighted by Crippen LogP contribution is 2.47. The maximum Gasteiger partial charge on any atom is 0.420 e. The zero-order valence-electron chi connectivity index (χ0n) is 21.3. The number of nitrogens with zero attached hydrogens (tertiary/aromatic N) is 4. The molecule has 8 nitrogen and oxygen atoms in total. The topological polar surface area (TPSA) is 68.4 Å². The van der Waals surface area contributed by atoms with Gasteiger partial charge in [0.05, 0.1) is 11.3 Å². The van der Waals surface area contributed by atoms with Crippen LogP contribution in [0.2, 0.25) is 0 Å². The number of nitrogens with one attached hydrogen (secondary N) is 1. The standard InChI is InChI=1S/C25H26F7N5O3/c1-34(18-4-2-17(26)3-5-18)23(39)40-21-19(25(30,31)32)14-16(24(27,28)29)15-20(21)37-13-12-36(22(37)38)11-10-35-8-6-33-7-9-35/h2-5,14-15,33H,6-13H2,1H3. The van der Waals surface area contributed by atoms with E-state index >= 15 is 0 Å². The Balaban J connectivity index is 1.68. The molecule has 2 aliphatic rings. The van der Waals surface area contributed by atoms with Gasteiger partial charge in [0, 0.05) is 65.1 Å². The molecule has 2 aromatic rings. The molecule has 0 unspecified atom stereocenters. The predicted molar refractivity (Wildman–Crippen MR) is 131 cm³/mol. The molecule has 0 radical (unpaired) electrons. The number of rotatable bonds is 6. The van der Waals surface area contributed by atoms with Crippen LogP contribution in [0.3, 0.4) is 0 Å². The van der Waals surface area contributed by atoms with E-state index in [0.29, 0.717) is 12.6 Å². The minimum absolute atomic E-state index is 0.0461. The van der Waals surface area contributed by atoms with Crippen molar-refractivity contribution in [2.24, 2.45) is 0 Å². The minimum Gasteiger partial charge on any atom is -0.407 e. The largest absolute Gasteiger partial charge is 0.420 e. The van der Waals surface area contributed by atoms with Crippen molar-refractivity contribution < 1.29 is 45.1 Å². The van der Waals surface area contributed by atoms with Gasteiger partial charge in [0.1, 0.15) is 11.4 Å². The van der Waals surface area contributed by atoms with Crippen molar-refractivity contribution >= 4 is 23.5 Å². The number of hydrogen-bond acceptors (Lipinski definition) is 5. The first-order valence-electron chi connectivity index (χ1n) is 12.3. The molecule has 0 aliphatic carbocycles. The number of urea groups is 1. The lowest BCUT2D eigenvalue weighted by atomic mass is 10.1. The Labute approximate surface area is 224 Å². The number of halogens is 7. The zero-order chi connectivity index (χ0) is 29.2. The lowest BCUT2D eigenvalue weighted by molar-refractivity contribution is -0.143. The fourth-order valence-corrected chi connectivity index (χ4v) is 4.43. The molecule has 218 valence electrons. The predicted octanol–water partition coefficient (Wildman–Crippen LogP) is 4.65. The number of hydrogen-bond donors (Lipinski definition) is 1. The third-order valence-electron chi connectivity index (χ3n) is 6.66. The fourth-order valence-electron chi connectivity index (χ4n) is 4.43. The summed E-state index contributed by atoms with van der Waals surface area (Å²) < 4.78 is 101. The van der Waals surface area contributed by atoms with Gasteiger partial charge in [-0.25, -0.2) is 14.0 Å². The number of benzene rings is 2. The molecule has 2 aliphatic heterocycles. The van der Waals surface area contributed by atoms with Crippen LogP contribution >= 0.6 is 0 Å². The number of alkyl halides is 6. The molecule has 2 saturated heterocycles. The molecule has 4 rings (SSSR count). The summed E-state index contributed by atoms with van der Waals surface area (Å²) in [5.41, 5.74) is -4.32. The third kappa shape index (κ3) is 6.58. The van der Waals surface area contributed by atoms with E-state index in [-0.39, 0.29) is 31.4 Å². The van der Waals surface area contributed by atoms with Gasteiger partial charge in [-0.1, -0.05) is 0 Å². The lowest BCUT2D eigenvalue weighted by Crippen LogP contribution is -2.46. The number of ether oxygens (including phenoxy) is 1. The van der Waals surface area contributed by atoms with Crippen molar-refractivity contribution in [2.45, 2.75) is 12.4 Å². The van der Waals surface area contributed by atoms with Crippen molar-refractivity contribution in [3.05, 3.63) is 53.3 Å². The van der Waals surface area contributed by atoms with Crippen LogP contribution in [0.1, 0.15) is 11.1 Å². The maximum atomic E-state index is 14.1. The van der Waals surface area contributed by atoms with E-state index in [9.17, 15) is 40.3 Å². The summed E-state index contributed by atoms with van der Waals surface area (Å²) in [5.74, 6) is -1.87. The van der Waals surface area contributed by atoms with Gasteiger partial charge in [-0.15, -0.1) is 0 Å². The summed E-state index contributed by atoms with van der Waals surface area (Å²) in [6.07, 6.45) is -11.9. The Morgan fingerprint density at radius 3 is 2.20 bits per heavy atom. The number of amides is 3. The number of carbonyl (C=O) groups is 2. The summed E-state index contributed by atoms with van der Waals surface area (Å²) >= 11 is 0. The number of piperazine rings is 1. The van der Waals surface area contributed by atoms with Crippen LogP contribution in [-0.2, 0) is 12.4 Å². The highest BCUT2D eigenvalue weighted by Gasteiger charge is 2.44. The summed E-state index contributed by atoms with van der Waals surface area (Å²) in [7, 11) is 1.13. The van der Waals surface area contributed by atoms with Gasteiger partial charge in [-0.05, 0) is 36.4 Å². The normalized spacial score (nSPS) is 16.9. The average Bonchev–Trinajstić information content (AvgIpc) is 3.26. The SMILES string of the molecule is CN(C(=O)Oc1c(N2CCN(CCN3CCNCC3)C2=O)cc(C(F)(F)F)cc1C(F)(F)F)c1ccc(F)cc1. The Morgan fingerprint density at radius 2 is 1.60 bits per heavy atom. The molecule has 0 spiro atoms. The molecule has 2 aromatic carbocycles. The van der Waals surface area contributed by atoms with Gasteiger partial charge in [0.15, 0.2) is 5.75 Å². The van der Waals surface area contributed by atoms with Crippen LogP contribution < -0.4 is 19.9 Å². The van der Waals surface area contributed by atoms with Crippen molar-refractivity contribution in [3.8, 4) is 5.75 Å². The van der Waals surface area contributed by atoms with Gasteiger partial charge in [0.25, 0.3) is 0 Å². The summed E-state index contributed by atoms with van der Waals surface area (Å²) in [6.45, 7) is 3.48. The second-order valence-electron chi connectivity index (χ2n) is 9.28. The van der Waals surface area contributed by atoms with Crippen LogP contribution in [0, 0.1) is 5.82 Å². The van der Waals surface area contributed by atoms with E-state index in [0.717, 1.165) is 67.3 Å². The molecule has 2 heterocycles.